The van der Waals surface area contributed by atoms with Crippen LogP contribution in [0.5, 0.6) is 0 Å². The lowest BCUT2D eigenvalue weighted by atomic mass is 9.84. The van der Waals surface area contributed by atoms with E-state index in [9.17, 15) is 9.59 Å². The summed E-state index contributed by atoms with van der Waals surface area (Å²) in [7, 11) is -0.155. The standard InChI is InChI=1S/C32H39F2N5O5SSi/c1-30(2,3)44-29(41)39(19-43-12-13-46(7,8)9)28-38-31(4,25-16-32(25,45-28)27(40)42-6)21-14-20(10-11-22(21)33)15-23(34)24-17-37-26(35-5)18-36-24/h10-11,14-15,17-18,25H,12-13,16,19H2,1-4,6-9H3/b23-15-/t25-,31+,32-/m0/s1. The van der Waals surface area contributed by atoms with Crippen LogP contribution in [0.15, 0.2) is 35.6 Å². The number of nitrogens with zero attached hydrogens (tertiary/aromatic N) is 5. The van der Waals surface area contributed by atoms with E-state index in [4.69, 9.17) is 25.8 Å². The Bertz CT molecular complexity index is 1600. The topological polar surface area (TPSA) is 108 Å². The molecule has 0 saturated heterocycles. The van der Waals surface area contributed by atoms with Crippen molar-refractivity contribution in [1.82, 2.24) is 14.9 Å². The minimum atomic E-state index is -1.44. The van der Waals surface area contributed by atoms with Crippen LogP contribution in [0, 0.1) is 18.3 Å². The number of esters is 1. The van der Waals surface area contributed by atoms with Crippen LogP contribution < -0.4 is 0 Å². The zero-order valence-corrected chi connectivity index (χ0v) is 29.1. The quantitative estimate of drug-likeness (QED) is 0.0891. The SMILES string of the molecule is [C-]#[N+]c1cnc(/C(F)=C/c2ccc(F)c([C@@]3(C)N=C(N(COCC[Si](C)(C)C)C(=O)OC(C)(C)C)S[C@@]4(C(=O)OC)C[C@H]43)c2)cn1. The molecular formula is C32H39F2N5O5SSi. The van der Waals surface area contributed by atoms with Crippen molar-refractivity contribution in [3.8, 4) is 0 Å². The highest BCUT2D eigenvalue weighted by molar-refractivity contribution is 8.15. The smallest absolute Gasteiger partial charge is 0.418 e. The van der Waals surface area contributed by atoms with Gasteiger partial charge in [-0.05, 0) is 63.9 Å². The molecule has 1 aromatic heterocycles. The molecule has 2 heterocycles. The highest BCUT2D eigenvalue weighted by atomic mass is 32.2. The third-order valence-corrected chi connectivity index (χ3v) is 10.8. The van der Waals surface area contributed by atoms with Crippen molar-refractivity contribution in [2.45, 2.75) is 75.7 Å². The van der Waals surface area contributed by atoms with Crippen molar-refractivity contribution >= 4 is 54.8 Å². The van der Waals surface area contributed by atoms with Crippen LogP contribution in [0.25, 0.3) is 16.7 Å². The fourth-order valence-corrected chi connectivity index (χ4v) is 7.40. The molecule has 1 amide bonds. The van der Waals surface area contributed by atoms with Gasteiger partial charge in [-0.3, -0.25) is 14.8 Å². The van der Waals surface area contributed by atoms with Gasteiger partial charge in [-0.15, -0.1) is 4.98 Å². The number of aromatic nitrogens is 2. The molecule has 2 aliphatic rings. The van der Waals surface area contributed by atoms with Crippen LogP contribution in [0.2, 0.25) is 25.7 Å². The van der Waals surface area contributed by atoms with Crippen LogP contribution in [0.3, 0.4) is 0 Å². The molecule has 1 aliphatic carbocycles. The highest BCUT2D eigenvalue weighted by Gasteiger charge is 2.72. The summed E-state index contributed by atoms with van der Waals surface area (Å²) in [5, 5.41) is 0.130. The molecule has 46 heavy (non-hydrogen) atoms. The lowest BCUT2D eigenvalue weighted by Crippen LogP contribution is -2.47. The largest absolute Gasteiger partial charge is 0.468 e. The maximum absolute atomic E-state index is 15.7. The molecule has 0 N–H and O–H groups in total. The molecule has 246 valence electrons. The van der Waals surface area contributed by atoms with Gasteiger partial charge in [0.05, 0.1) is 18.8 Å². The van der Waals surface area contributed by atoms with Gasteiger partial charge in [-0.25, -0.2) is 18.5 Å². The van der Waals surface area contributed by atoms with Gasteiger partial charge in [0.1, 0.15) is 34.8 Å². The number of aliphatic imine (C=N–C) groups is 1. The first-order valence-corrected chi connectivity index (χ1v) is 19.3. The minimum Gasteiger partial charge on any atom is -0.468 e. The average molecular weight is 672 g/mol. The molecule has 1 aromatic carbocycles. The first kappa shape index (κ1) is 35.2. The second-order valence-corrected chi connectivity index (χ2v) is 20.6. The molecule has 0 radical (unpaired) electrons. The van der Waals surface area contributed by atoms with Crippen LogP contribution in [-0.4, -0.2) is 71.0 Å². The van der Waals surface area contributed by atoms with E-state index in [0.29, 0.717) is 18.6 Å². The van der Waals surface area contributed by atoms with Crippen LogP contribution in [0.1, 0.15) is 50.9 Å². The molecule has 0 unspecified atom stereocenters. The molecule has 10 nitrogen and oxygen atoms in total. The van der Waals surface area contributed by atoms with E-state index in [1.54, 1.807) is 27.7 Å². The zero-order valence-electron chi connectivity index (χ0n) is 27.3. The number of hydrogen-bond acceptors (Lipinski definition) is 9. The van der Waals surface area contributed by atoms with E-state index >= 15 is 8.78 Å². The molecular weight excluding hydrogens is 633 g/mol. The Morgan fingerprint density at radius 1 is 1.24 bits per heavy atom. The van der Waals surface area contributed by atoms with E-state index < -0.39 is 53.6 Å². The van der Waals surface area contributed by atoms with Gasteiger partial charge >= 0.3 is 12.1 Å². The van der Waals surface area contributed by atoms with E-state index in [-0.39, 0.29) is 29.0 Å². The molecule has 4 rings (SSSR count). The predicted octanol–water partition coefficient (Wildman–Crippen LogP) is 7.43. The molecule has 1 aliphatic heterocycles. The third kappa shape index (κ3) is 7.82. The first-order chi connectivity index (χ1) is 21.4. The summed E-state index contributed by atoms with van der Waals surface area (Å²) in [5.74, 6) is -2.33. The van der Waals surface area contributed by atoms with Gasteiger partial charge in [0.2, 0.25) is 0 Å². The summed E-state index contributed by atoms with van der Waals surface area (Å²) in [6.07, 6.45) is 3.07. The zero-order chi connectivity index (χ0) is 34.1. The van der Waals surface area contributed by atoms with E-state index in [2.05, 4.69) is 34.5 Å². The molecule has 0 bridgehead atoms. The molecule has 3 atom stereocenters. The number of amides is 1. The van der Waals surface area contributed by atoms with Crippen molar-refractivity contribution in [3.63, 3.8) is 0 Å². The van der Waals surface area contributed by atoms with Crippen molar-refractivity contribution in [2.24, 2.45) is 10.9 Å². The number of ether oxygens (including phenoxy) is 3. The predicted molar refractivity (Wildman–Crippen MR) is 176 cm³/mol. The summed E-state index contributed by atoms with van der Waals surface area (Å²) in [4.78, 5) is 43.9. The fourth-order valence-electron chi connectivity index (χ4n) is 5.06. The van der Waals surface area contributed by atoms with Crippen LogP contribution >= 0.6 is 11.8 Å². The number of halogens is 2. The number of amidine groups is 1. The second-order valence-electron chi connectivity index (χ2n) is 13.6. The molecule has 14 heteroatoms. The van der Waals surface area contributed by atoms with Gasteiger partial charge in [0.25, 0.3) is 5.82 Å². The Labute approximate surface area is 273 Å². The highest BCUT2D eigenvalue weighted by Crippen LogP contribution is 2.67. The lowest BCUT2D eigenvalue weighted by Gasteiger charge is -2.37. The second kappa shape index (κ2) is 13.2. The summed E-state index contributed by atoms with van der Waals surface area (Å²) >= 11 is 1.08. The Morgan fingerprint density at radius 2 is 1.96 bits per heavy atom. The number of carbonyl (C=O) groups is 2. The Kier molecular flexibility index (Phi) is 10.1. The monoisotopic (exact) mass is 671 g/mol. The Balaban J connectivity index is 1.77. The van der Waals surface area contributed by atoms with Crippen molar-refractivity contribution in [2.75, 3.05) is 20.4 Å². The molecule has 0 spiro atoms. The van der Waals surface area contributed by atoms with Gasteiger partial charge in [-0.2, -0.15) is 0 Å². The van der Waals surface area contributed by atoms with E-state index in [1.165, 1.54) is 36.3 Å². The van der Waals surface area contributed by atoms with Gasteiger partial charge < -0.3 is 19.1 Å². The number of hydrogen-bond donors (Lipinski definition) is 0. The maximum atomic E-state index is 15.7. The molecule has 1 saturated carbocycles. The average Bonchev–Trinajstić information content (AvgIpc) is 3.73. The Morgan fingerprint density at radius 3 is 2.54 bits per heavy atom. The van der Waals surface area contributed by atoms with Gasteiger partial charge in [0, 0.05) is 26.2 Å². The lowest BCUT2D eigenvalue weighted by molar-refractivity contribution is -0.141. The maximum Gasteiger partial charge on any atom is 0.418 e. The number of benzene rings is 1. The molecule has 1 fully saturated rings. The van der Waals surface area contributed by atoms with Gasteiger partial charge in [0.15, 0.2) is 11.0 Å². The van der Waals surface area contributed by atoms with Crippen LogP contribution in [0.4, 0.5) is 19.4 Å². The minimum absolute atomic E-state index is 0.0257. The van der Waals surface area contributed by atoms with Crippen LogP contribution in [-0.2, 0) is 24.5 Å². The normalized spacial score (nSPS) is 22.7. The number of thioether (sulfide) groups is 1. The van der Waals surface area contributed by atoms with Crippen molar-refractivity contribution in [1.29, 1.82) is 0 Å². The number of carbonyl (C=O) groups excluding carboxylic acids is 2. The van der Waals surface area contributed by atoms with Crippen molar-refractivity contribution < 1.29 is 32.6 Å². The Hall–Kier alpha value is -3.67. The number of methoxy groups -OCH3 is 1. The summed E-state index contributed by atoms with van der Waals surface area (Å²) in [6, 6.07) is 4.94. The van der Waals surface area contributed by atoms with E-state index in [1.807, 2.05) is 0 Å². The summed E-state index contributed by atoms with van der Waals surface area (Å²) in [6.45, 7) is 20.8. The fraction of sp³-hybridized carbons (Fsp3) is 0.500. The third-order valence-electron chi connectivity index (χ3n) is 7.61. The van der Waals surface area contributed by atoms with Crippen molar-refractivity contribution in [3.05, 3.63) is 64.6 Å². The molecule has 2 aromatic rings. The first-order valence-electron chi connectivity index (χ1n) is 14.7. The summed E-state index contributed by atoms with van der Waals surface area (Å²) < 4.78 is 46.6. The number of fused-ring (bicyclic) bond motifs is 1. The van der Waals surface area contributed by atoms with Gasteiger partial charge in [-0.1, -0.05) is 44.0 Å². The van der Waals surface area contributed by atoms with E-state index in [0.717, 1.165) is 30.2 Å². The summed E-state index contributed by atoms with van der Waals surface area (Å²) in [5.41, 5.74) is -1.86. The number of rotatable bonds is 9.